The molecule has 0 unspecified atom stereocenters. The highest BCUT2D eigenvalue weighted by Gasteiger charge is 2.10. The molecule has 100 valence electrons. The summed E-state index contributed by atoms with van der Waals surface area (Å²) in [5.74, 6) is 0.746. The first-order valence-corrected chi connectivity index (χ1v) is 6.56. The van der Waals surface area contributed by atoms with Crippen molar-refractivity contribution in [2.24, 2.45) is 0 Å². The third-order valence-corrected chi connectivity index (χ3v) is 3.42. The average molecular weight is 267 g/mol. The SMILES string of the molecule is c1cc2c(cc1Nc1cncc3nnnn13)CCCN2. The van der Waals surface area contributed by atoms with Gasteiger partial charge < -0.3 is 10.6 Å². The fourth-order valence-electron chi connectivity index (χ4n) is 2.46. The van der Waals surface area contributed by atoms with Gasteiger partial charge in [-0.15, -0.1) is 5.10 Å². The van der Waals surface area contributed by atoms with Crippen molar-refractivity contribution in [2.75, 3.05) is 17.2 Å². The first-order chi connectivity index (χ1) is 9.90. The van der Waals surface area contributed by atoms with Gasteiger partial charge in [0.1, 0.15) is 0 Å². The maximum atomic E-state index is 4.13. The van der Waals surface area contributed by atoms with Crippen LogP contribution in [0.5, 0.6) is 0 Å². The van der Waals surface area contributed by atoms with Crippen molar-refractivity contribution >= 4 is 22.8 Å². The van der Waals surface area contributed by atoms with Crippen LogP contribution in [0.25, 0.3) is 5.65 Å². The van der Waals surface area contributed by atoms with Gasteiger partial charge in [0, 0.05) is 17.9 Å². The van der Waals surface area contributed by atoms with Gasteiger partial charge in [0.05, 0.1) is 12.4 Å². The highest BCUT2D eigenvalue weighted by atomic mass is 15.5. The van der Waals surface area contributed by atoms with Crippen LogP contribution >= 0.6 is 0 Å². The molecule has 7 nitrogen and oxygen atoms in total. The number of aromatic nitrogens is 5. The topological polar surface area (TPSA) is 80.0 Å². The molecule has 2 aromatic heterocycles. The number of benzene rings is 1. The maximum Gasteiger partial charge on any atom is 0.199 e. The number of rotatable bonds is 2. The van der Waals surface area contributed by atoms with Crippen molar-refractivity contribution in [3.63, 3.8) is 0 Å². The molecule has 1 aliphatic heterocycles. The zero-order valence-corrected chi connectivity index (χ0v) is 10.7. The number of hydrogen-bond donors (Lipinski definition) is 2. The zero-order chi connectivity index (χ0) is 13.4. The predicted octanol–water partition coefficient (Wildman–Crippen LogP) is 1.62. The van der Waals surface area contributed by atoms with Crippen molar-refractivity contribution in [1.82, 2.24) is 25.0 Å². The Bertz CT molecular complexity index is 764. The Balaban J connectivity index is 1.70. The lowest BCUT2D eigenvalue weighted by atomic mass is 10.0. The summed E-state index contributed by atoms with van der Waals surface area (Å²) in [4.78, 5) is 4.13. The van der Waals surface area contributed by atoms with Gasteiger partial charge >= 0.3 is 0 Å². The molecule has 0 aliphatic carbocycles. The summed E-state index contributed by atoms with van der Waals surface area (Å²) >= 11 is 0. The van der Waals surface area contributed by atoms with Crippen LogP contribution in [0, 0.1) is 0 Å². The molecule has 4 rings (SSSR count). The molecule has 0 atom stereocenters. The normalized spacial score (nSPS) is 13.8. The smallest absolute Gasteiger partial charge is 0.199 e. The summed E-state index contributed by atoms with van der Waals surface area (Å²) in [5.41, 5.74) is 4.19. The standard InChI is InChI=1S/C13H13N7/c1-2-9-6-10(3-4-11(9)15-5-1)16-12-7-14-8-13-17-18-19-20(12)13/h3-4,6-8,15-16H,1-2,5H2. The van der Waals surface area contributed by atoms with E-state index in [2.05, 4.69) is 43.3 Å². The van der Waals surface area contributed by atoms with Gasteiger partial charge in [-0.2, -0.15) is 4.52 Å². The van der Waals surface area contributed by atoms with Crippen LogP contribution in [0.1, 0.15) is 12.0 Å². The highest BCUT2D eigenvalue weighted by Crippen LogP contribution is 2.26. The number of aryl methyl sites for hydroxylation is 1. The van der Waals surface area contributed by atoms with Crippen LogP contribution in [0.4, 0.5) is 17.2 Å². The molecule has 2 N–H and O–H groups in total. The Morgan fingerprint density at radius 3 is 3.25 bits per heavy atom. The molecule has 0 amide bonds. The molecule has 20 heavy (non-hydrogen) atoms. The molecular formula is C13H13N7. The van der Waals surface area contributed by atoms with Gasteiger partial charge in [0.15, 0.2) is 11.5 Å². The van der Waals surface area contributed by atoms with Crippen molar-refractivity contribution < 1.29 is 0 Å². The van der Waals surface area contributed by atoms with Gasteiger partial charge in [0.2, 0.25) is 0 Å². The summed E-state index contributed by atoms with van der Waals surface area (Å²) < 4.78 is 1.63. The van der Waals surface area contributed by atoms with Gasteiger partial charge in [-0.05, 0) is 47.0 Å². The summed E-state index contributed by atoms with van der Waals surface area (Å²) in [6.45, 7) is 1.05. The second-order valence-electron chi connectivity index (χ2n) is 4.77. The van der Waals surface area contributed by atoms with Crippen LogP contribution in [-0.2, 0) is 6.42 Å². The fraction of sp³-hybridized carbons (Fsp3) is 0.231. The van der Waals surface area contributed by atoms with E-state index >= 15 is 0 Å². The Hall–Kier alpha value is -2.70. The summed E-state index contributed by atoms with van der Waals surface area (Å²) in [6, 6.07) is 6.30. The van der Waals surface area contributed by atoms with Gasteiger partial charge in [-0.3, -0.25) is 4.98 Å². The van der Waals surface area contributed by atoms with E-state index in [-0.39, 0.29) is 0 Å². The zero-order valence-electron chi connectivity index (χ0n) is 10.7. The molecule has 3 heterocycles. The number of hydrogen-bond acceptors (Lipinski definition) is 6. The van der Waals surface area contributed by atoms with Gasteiger partial charge in [0.25, 0.3) is 0 Å². The lowest BCUT2D eigenvalue weighted by Gasteiger charge is -2.19. The van der Waals surface area contributed by atoms with E-state index in [1.165, 1.54) is 17.7 Å². The van der Waals surface area contributed by atoms with Crippen molar-refractivity contribution in [3.05, 3.63) is 36.2 Å². The number of anilines is 3. The third-order valence-electron chi connectivity index (χ3n) is 3.42. The van der Waals surface area contributed by atoms with Crippen molar-refractivity contribution in [1.29, 1.82) is 0 Å². The first kappa shape index (κ1) is 11.2. The van der Waals surface area contributed by atoms with E-state index in [4.69, 9.17) is 0 Å². The van der Waals surface area contributed by atoms with Crippen LogP contribution in [0.2, 0.25) is 0 Å². The molecule has 0 fully saturated rings. The monoisotopic (exact) mass is 267 g/mol. The molecule has 1 aromatic carbocycles. The molecular weight excluding hydrogens is 254 g/mol. The first-order valence-electron chi connectivity index (χ1n) is 6.56. The Morgan fingerprint density at radius 1 is 1.25 bits per heavy atom. The number of fused-ring (bicyclic) bond motifs is 2. The molecule has 1 aliphatic rings. The second kappa shape index (κ2) is 4.44. The minimum atomic E-state index is 0.620. The minimum Gasteiger partial charge on any atom is -0.385 e. The van der Waals surface area contributed by atoms with E-state index < -0.39 is 0 Å². The molecule has 7 heteroatoms. The number of nitrogens with zero attached hydrogens (tertiary/aromatic N) is 5. The van der Waals surface area contributed by atoms with Crippen LogP contribution in [0.3, 0.4) is 0 Å². The van der Waals surface area contributed by atoms with E-state index in [0.717, 1.165) is 24.5 Å². The minimum absolute atomic E-state index is 0.620. The lowest BCUT2D eigenvalue weighted by molar-refractivity contribution is 0.824. The van der Waals surface area contributed by atoms with E-state index in [1.807, 2.05) is 6.07 Å². The molecule has 0 spiro atoms. The van der Waals surface area contributed by atoms with Gasteiger partial charge in [-0.25, -0.2) is 0 Å². The predicted molar refractivity (Wildman–Crippen MR) is 75.1 cm³/mol. The Morgan fingerprint density at radius 2 is 2.25 bits per heavy atom. The molecule has 0 bridgehead atoms. The second-order valence-corrected chi connectivity index (χ2v) is 4.77. The van der Waals surface area contributed by atoms with Crippen molar-refractivity contribution in [2.45, 2.75) is 12.8 Å². The van der Waals surface area contributed by atoms with E-state index in [9.17, 15) is 0 Å². The summed E-state index contributed by atoms with van der Waals surface area (Å²) in [7, 11) is 0. The molecule has 3 aromatic rings. The van der Waals surface area contributed by atoms with Crippen LogP contribution in [0.15, 0.2) is 30.6 Å². The van der Waals surface area contributed by atoms with Gasteiger partial charge in [-0.1, -0.05) is 0 Å². The van der Waals surface area contributed by atoms with Crippen molar-refractivity contribution in [3.8, 4) is 0 Å². The summed E-state index contributed by atoms with van der Waals surface area (Å²) in [6.07, 6.45) is 5.61. The fourth-order valence-corrected chi connectivity index (χ4v) is 2.46. The summed E-state index contributed by atoms with van der Waals surface area (Å²) in [5, 5.41) is 18.2. The van der Waals surface area contributed by atoms with Crippen LogP contribution in [-0.4, -0.2) is 31.6 Å². The van der Waals surface area contributed by atoms with E-state index in [1.54, 1.807) is 16.9 Å². The largest absolute Gasteiger partial charge is 0.385 e. The lowest BCUT2D eigenvalue weighted by Crippen LogP contribution is -2.11. The molecule has 0 saturated carbocycles. The average Bonchev–Trinajstić information content (AvgIpc) is 2.97. The van der Waals surface area contributed by atoms with E-state index in [0.29, 0.717) is 5.65 Å². The third kappa shape index (κ3) is 1.83. The Kier molecular flexibility index (Phi) is 2.48. The maximum absolute atomic E-state index is 4.13. The highest BCUT2D eigenvalue weighted by molar-refractivity contribution is 5.65. The quantitative estimate of drug-likeness (QED) is 0.734. The molecule has 0 saturated heterocycles. The molecule has 0 radical (unpaired) electrons. The number of nitrogens with one attached hydrogen (secondary N) is 2. The van der Waals surface area contributed by atoms with Crippen LogP contribution < -0.4 is 10.6 Å². The Labute approximate surface area is 115 Å². The number of tetrazole rings is 1.